The number of aryl methyl sites for hydroxylation is 1. The molecule has 1 heterocycles. The Balaban J connectivity index is 1.83. The minimum Gasteiger partial charge on any atom is -0.360 e. The second kappa shape index (κ2) is 5.04. The van der Waals surface area contributed by atoms with E-state index in [0.29, 0.717) is 0 Å². The third-order valence-electron chi connectivity index (χ3n) is 4.09. The van der Waals surface area contributed by atoms with E-state index in [2.05, 4.69) is 20.9 Å². The Morgan fingerprint density at radius 2 is 2.06 bits per heavy atom. The second-order valence-electron chi connectivity index (χ2n) is 5.31. The first-order chi connectivity index (χ1) is 8.74. The van der Waals surface area contributed by atoms with Crippen LogP contribution in [0.4, 0.5) is 4.39 Å². The van der Waals surface area contributed by atoms with Crippen LogP contribution in [0.25, 0.3) is 10.9 Å². The molecule has 1 N–H and O–H groups in total. The Hall–Kier alpha value is -0.830. The lowest BCUT2D eigenvalue weighted by atomic mass is 9.98. The molecule has 1 aliphatic rings. The number of benzene rings is 1. The van der Waals surface area contributed by atoms with Gasteiger partial charge < -0.3 is 4.98 Å². The van der Waals surface area contributed by atoms with E-state index in [4.69, 9.17) is 0 Å². The molecule has 0 amide bonds. The van der Waals surface area contributed by atoms with Gasteiger partial charge in [0, 0.05) is 16.1 Å². The molecule has 3 heteroatoms. The summed E-state index contributed by atoms with van der Waals surface area (Å²) >= 11 is 3.41. The number of aromatic nitrogens is 1. The highest BCUT2D eigenvalue weighted by Gasteiger charge is 2.16. The first kappa shape index (κ1) is 12.2. The monoisotopic (exact) mass is 309 g/mol. The predicted octanol–water partition coefficient (Wildman–Crippen LogP) is 5.19. The van der Waals surface area contributed by atoms with Crippen molar-refractivity contribution in [1.82, 2.24) is 4.98 Å². The van der Waals surface area contributed by atoms with E-state index >= 15 is 0 Å². The molecule has 1 nitrogen and oxygen atoms in total. The molecule has 1 fully saturated rings. The van der Waals surface area contributed by atoms with Crippen molar-refractivity contribution >= 4 is 26.8 Å². The highest BCUT2D eigenvalue weighted by atomic mass is 79.9. The van der Waals surface area contributed by atoms with Gasteiger partial charge in [-0.25, -0.2) is 4.39 Å². The summed E-state index contributed by atoms with van der Waals surface area (Å²) in [7, 11) is 0. The zero-order valence-electron chi connectivity index (χ0n) is 10.3. The molecular weight excluding hydrogens is 293 g/mol. The van der Waals surface area contributed by atoms with Crippen molar-refractivity contribution in [2.75, 3.05) is 0 Å². The lowest BCUT2D eigenvalue weighted by Crippen LogP contribution is -1.95. The summed E-state index contributed by atoms with van der Waals surface area (Å²) in [6, 6.07) is 3.15. The molecule has 96 valence electrons. The molecule has 0 unspecified atom stereocenters. The van der Waals surface area contributed by atoms with E-state index in [0.717, 1.165) is 27.7 Å². The van der Waals surface area contributed by atoms with E-state index in [1.54, 1.807) is 6.07 Å². The van der Waals surface area contributed by atoms with E-state index in [1.165, 1.54) is 43.7 Å². The Labute approximate surface area is 115 Å². The third-order valence-corrected chi connectivity index (χ3v) is 4.71. The van der Waals surface area contributed by atoms with Gasteiger partial charge >= 0.3 is 0 Å². The maximum atomic E-state index is 13.5. The van der Waals surface area contributed by atoms with Crippen molar-refractivity contribution in [3.05, 3.63) is 34.2 Å². The van der Waals surface area contributed by atoms with Crippen LogP contribution in [0.3, 0.4) is 0 Å². The van der Waals surface area contributed by atoms with Gasteiger partial charge in [-0.05, 0) is 52.4 Å². The van der Waals surface area contributed by atoms with Crippen molar-refractivity contribution < 1.29 is 4.39 Å². The van der Waals surface area contributed by atoms with Crippen molar-refractivity contribution in [2.45, 2.75) is 38.5 Å². The van der Waals surface area contributed by atoms with Gasteiger partial charge in [-0.2, -0.15) is 0 Å². The van der Waals surface area contributed by atoms with Crippen molar-refractivity contribution in [2.24, 2.45) is 5.92 Å². The average Bonchev–Trinajstić information content (AvgIpc) is 2.94. The highest BCUT2D eigenvalue weighted by molar-refractivity contribution is 9.10. The van der Waals surface area contributed by atoms with Crippen LogP contribution in [0.1, 0.15) is 37.7 Å². The predicted molar refractivity (Wildman–Crippen MR) is 76.2 cm³/mol. The van der Waals surface area contributed by atoms with Gasteiger partial charge in [-0.1, -0.05) is 25.7 Å². The van der Waals surface area contributed by atoms with Crippen LogP contribution in [0.2, 0.25) is 0 Å². The van der Waals surface area contributed by atoms with Gasteiger partial charge in [0.2, 0.25) is 0 Å². The largest absolute Gasteiger partial charge is 0.360 e. The molecule has 0 atom stereocenters. The van der Waals surface area contributed by atoms with Gasteiger partial charge in [0.05, 0.1) is 5.52 Å². The van der Waals surface area contributed by atoms with Crippen LogP contribution in [-0.4, -0.2) is 4.98 Å². The van der Waals surface area contributed by atoms with Gasteiger partial charge in [-0.3, -0.25) is 0 Å². The van der Waals surface area contributed by atoms with E-state index in [-0.39, 0.29) is 5.82 Å². The lowest BCUT2D eigenvalue weighted by molar-refractivity contribution is 0.504. The Morgan fingerprint density at radius 3 is 2.83 bits per heavy atom. The van der Waals surface area contributed by atoms with Gasteiger partial charge in [-0.15, -0.1) is 0 Å². The number of H-pyrrole nitrogens is 1. The molecule has 1 aromatic carbocycles. The first-order valence-corrected chi connectivity index (χ1v) is 7.48. The molecule has 0 spiro atoms. The standard InChI is InChI=1S/C15H17BrFN/c16-14-8-12(17)7-13-11(9-18-15(13)14)6-5-10-3-1-2-4-10/h7-10,18H,1-6H2. The van der Waals surface area contributed by atoms with Crippen LogP contribution in [0.15, 0.2) is 22.8 Å². The summed E-state index contributed by atoms with van der Waals surface area (Å²) in [6.45, 7) is 0. The molecule has 1 aliphatic carbocycles. The SMILES string of the molecule is Fc1cc(Br)c2[nH]cc(CCC3CCCC3)c2c1. The second-order valence-corrected chi connectivity index (χ2v) is 6.17. The molecular formula is C15H17BrFN. The van der Waals surface area contributed by atoms with Crippen molar-refractivity contribution in [3.63, 3.8) is 0 Å². The summed E-state index contributed by atoms with van der Waals surface area (Å²) in [4.78, 5) is 3.25. The quantitative estimate of drug-likeness (QED) is 0.803. The zero-order chi connectivity index (χ0) is 12.5. The fourth-order valence-corrected chi connectivity index (χ4v) is 3.62. The van der Waals surface area contributed by atoms with E-state index < -0.39 is 0 Å². The number of hydrogen-bond acceptors (Lipinski definition) is 0. The highest BCUT2D eigenvalue weighted by Crippen LogP contribution is 2.32. The molecule has 1 aromatic heterocycles. The molecule has 0 aliphatic heterocycles. The van der Waals surface area contributed by atoms with Gasteiger partial charge in [0.25, 0.3) is 0 Å². The van der Waals surface area contributed by atoms with E-state index in [9.17, 15) is 4.39 Å². The number of fused-ring (bicyclic) bond motifs is 1. The molecule has 2 aromatic rings. The Kier molecular flexibility index (Phi) is 3.42. The van der Waals surface area contributed by atoms with Crippen LogP contribution >= 0.6 is 15.9 Å². The average molecular weight is 310 g/mol. The molecule has 0 saturated heterocycles. The summed E-state index contributed by atoms with van der Waals surface area (Å²) in [6.07, 6.45) is 9.85. The van der Waals surface area contributed by atoms with E-state index in [1.807, 2.05) is 6.20 Å². The number of hydrogen-bond donors (Lipinski definition) is 1. The normalized spacial score (nSPS) is 16.8. The number of nitrogens with one attached hydrogen (secondary N) is 1. The smallest absolute Gasteiger partial charge is 0.125 e. The summed E-state index contributed by atoms with van der Waals surface area (Å²) in [5, 5.41) is 1.03. The fourth-order valence-electron chi connectivity index (χ4n) is 3.08. The van der Waals surface area contributed by atoms with Crippen LogP contribution in [0, 0.1) is 11.7 Å². The Bertz CT molecular complexity index is 555. The van der Waals surface area contributed by atoms with Crippen LogP contribution < -0.4 is 0 Å². The third kappa shape index (κ3) is 2.33. The maximum Gasteiger partial charge on any atom is 0.125 e. The van der Waals surface area contributed by atoms with Gasteiger partial charge in [0.15, 0.2) is 0 Å². The maximum absolute atomic E-state index is 13.5. The van der Waals surface area contributed by atoms with Crippen LogP contribution in [0.5, 0.6) is 0 Å². The molecule has 3 rings (SSSR count). The minimum atomic E-state index is -0.170. The first-order valence-electron chi connectivity index (χ1n) is 6.69. The lowest BCUT2D eigenvalue weighted by Gasteiger charge is -2.07. The van der Waals surface area contributed by atoms with Crippen molar-refractivity contribution in [3.8, 4) is 0 Å². The Morgan fingerprint density at radius 1 is 1.28 bits per heavy atom. The number of rotatable bonds is 3. The number of halogens is 2. The fraction of sp³-hybridized carbons (Fsp3) is 0.467. The summed E-state index contributed by atoms with van der Waals surface area (Å²) in [5.41, 5.74) is 2.26. The summed E-state index contributed by atoms with van der Waals surface area (Å²) < 4.78 is 14.3. The minimum absolute atomic E-state index is 0.170. The van der Waals surface area contributed by atoms with Crippen molar-refractivity contribution in [1.29, 1.82) is 0 Å². The molecule has 0 radical (unpaired) electrons. The molecule has 18 heavy (non-hydrogen) atoms. The topological polar surface area (TPSA) is 15.8 Å². The number of aromatic amines is 1. The zero-order valence-corrected chi connectivity index (χ0v) is 11.9. The van der Waals surface area contributed by atoms with Crippen LogP contribution in [-0.2, 0) is 6.42 Å². The molecule has 1 saturated carbocycles. The van der Waals surface area contributed by atoms with Gasteiger partial charge in [0.1, 0.15) is 5.82 Å². The molecule has 0 bridgehead atoms. The summed E-state index contributed by atoms with van der Waals surface area (Å²) in [5.74, 6) is 0.711.